The van der Waals surface area contributed by atoms with Crippen molar-refractivity contribution in [1.29, 1.82) is 0 Å². The third-order valence-corrected chi connectivity index (χ3v) is 0. The van der Waals surface area contributed by atoms with Crippen molar-refractivity contribution in [3.05, 3.63) is 24.6 Å². The Morgan fingerprint density at radius 3 is 0.320 bits per heavy atom. The molecule has 0 aromatic rings. The predicted octanol–water partition coefficient (Wildman–Crippen LogP) is -10.4. The topological polar surface area (TPSA) is 375 Å². The molecular formula is Hf5N4O12Si4. The molecule has 0 bridgehead atoms. The van der Waals surface area contributed by atoms with Crippen LogP contribution in [-0.2, 0) is 147 Å². The molecule has 0 radical (unpaired) electrons. The van der Waals surface area contributed by atoms with E-state index in [4.69, 9.17) is 56.2 Å². The molecule has 0 spiro atoms. The normalized spacial score (nSPS) is 3.84. The molecule has 0 unspecified atom stereocenters. The van der Waals surface area contributed by atoms with Crippen molar-refractivity contribution < 1.29 is 185 Å². The summed E-state index contributed by atoms with van der Waals surface area (Å²) in [5.41, 5.74) is 0. The second-order valence-electron chi connectivity index (χ2n) is 1.00. The van der Waals surface area contributed by atoms with Crippen LogP contribution in [0.2, 0.25) is 0 Å². The molecule has 0 aliphatic rings. The maximum absolute atomic E-state index is 8.52. The minimum atomic E-state index is -3.63. The Labute approximate surface area is 243 Å². The zero-order valence-electron chi connectivity index (χ0n) is 11.2. The Morgan fingerprint density at radius 2 is 0.320 bits per heavy atom. The first-order valence-corrected chi connectivity index (χ1v) is 7.35. The zero-order chi connectivity index (χ0) is 14.3. The summed E-state index contributed by atoms with van der Waals surface area (Å²) in [4.78, 5) is 68.1. The Hall–Kier alpha value is 2.66. The molecule has 16 nitrogen and oxygen atoms in total. The summed E-state index contributed by atoms with van der Waals surface area (Å²) in [7, 11) is -14.5. The largest absolute Gasteiger partial charge is 4.00 e. The maximum Gasteiger partial charge on any atom is 4.00 e. The molecule has 0 amide bonds. The Kier molecular flexibility index (Phi) is 299. The minimum Gasteiger partial charge on any atom is -3.00 e. The maximum atomic E-state index is 8.52. The molecule has 0 fully saturated rings. The SMILES string of the molecule is O=[Si]([O-])[O-].O=[Si]([O-])[O-].O=[Si]([O-])[O-].O=[Si]([O-])[O-].[Hf+4].[Hf+4].[Hf+4].[Hf+4].[Hf+4].[N-3].[N-3].[N-3].[N-3]. The van der Waals surface area contributed by atoms with Gasteiger partial charge in [-0.2, -0.15) is 0 Å². The second kappa shape index (κ2) is 81.7. The summed E-state index contributed by atoms with van der Waals surface area (Å²) in [6, 6.07) is 0. The van der Waals surface area contributed by atoms with Gasteiger partial charge in [0.2, 0.25) is 0 Å². The summed E-state index contributed by atoms with van der Waals surface area (Å²) in [6.07, 6.45) is 0. The molecule has 128 valence electrons. The summed E-state index contributed by atoms with van der Waals surface area (Å²) >= 11 is 0. The van der Waals surface area contributed by atoms with Gasteiger partial charge >= 0.3 is 129 Å². The summed E-state index contributed by atoms with van der Waals surface area (Å²) < 4.78 is 34.1. The first kappa shape index (κ1) is 91.5. The van der Waals surface area contributed by atoms with Crippen molar-refractivity contribution in [3.63, 3.8) is 0 Å². The van der Waals surface area contributed by atoms with Crippen molar-refractivity contribution >= 4 is 36.7 Å². The van der Waals surface area contributed by atoms with E-state index in [1.54, 1.807) is 0 Å². The quantitative estimate of drug-likeness (QED) is 0.204. The fourth-order valence-electron chi connectivity index (χ4n) is 0. The van der Waals surface area contributed by atoms with Crippen LogP contribution < -0.4 is 38.4 Å². The van der Waals surface area contributed by atoms with Gasteiger partial charge in [-0.1, -0.05) is 0 Å². The molecule has 25 heavy (non-hydrogen) atoms. The third kappa shape index (κ3) is 2290. The molecule has 0 heterocycles. The molecule has 0 aromatic carbocycles. The van der Waals surface area contributed by atoms with Crippen LogP contribution in [0.5, 0.6) is 0 Å². The van der Waals surface area contributed by atoms with E-state index < -0.39 is 36.7 Å². The van der Waals surface area contributed by atoms with Gasteiger partial charge in [0.05, 0.1) is 0 Å². The molecule has 0 saturated heterocycles. The number of nitrogens with zero attached hydrogens (tertiary/aromatic N) is 4. The van der Waals surface area contributed by atoms with Gasteiger partial charge in [-0.3, -0.25) is 0 Å². The van der Waals surface area contributed by atoms with E-state index in [1.165, 1.54) is 0 Å². The van der Waals surface area contributed by atoms with E-state index in [1.807, 2.05) is 0 Å². The first-order chi connectivity index (χ1) is 6.93. The Balaban J connectivity index is -0.00000000623. The van der Waals surface area contributed by atoms with Crippen LogP contribution in [0, 0.1) is 0 Å². The van der Waals surface area contributed by atoms with E-state index in [0.29, 0.717) is 0 Å². The molecule has 0 aromatic heterocycles. The van der Waals surface area contributed by atoms with E-state index in [9.17, 15) is 0 Å². The molecule has 0 aliphatic carbocycles. The van der Waals surface area contributed by atoms with Gasteiger partial charge in [0.1, 0.15) is 0 Å². The van der Waals surface area contributed by atoms with Gasteiger partial charge in [0, 0.05) is 36.7 Å². The zero-order valence-corrected chi connectivity index (χ0v) is 33.2. The van der Waals surface area contributed by atoms with E-state index in [-0.39, 0.29) is 154 Å². The van der Waals surface area contributed by atoms with Crippen LogP contribution in [0.1, 0.15) is 0 Å². The molecule has 0 rings (SSSR count). The second-order valence-corrected chi connectivity index (χ2v) is 3.00. The van der Waals surface area contributed by atoms with E-state index in [2.05, 4.69) is 0 Å². The number of rotatable bonds is 0. The monoisotopic (exact) mass is 1260 g/mol. The molecular weight excluding hydrogens is 1250 g/mol. The third-order valence-electron chi connectivity index (χ3n) is 0. The van der Waals surface area contributed by atoms with Crippen LogP contribution in [0.25, 0.3) is 24.6 Å². The summed E-state index contributed by atoms with van der Waals surface area (Å²) in [6.45, 7) is 0. The molecule has 0 saturated carbocycles. The minimum absolute atomic E-state index is 0. The van der Waals surface area contributed by atoms with Crippen molar-refractivity contribution in [1.82, 2.24) is 0 Å². The standard InChI is InChI=1S/5Hf.4N.4O3Si/c;;;;;;;;;4*1-4(2)3/q5*+4;4*-3;4*-2. The smallest absolute Gasteiger partial charge is 3.00 e. The summed E-state index contributed by atoms with van der Waals surface area (Å²) in [5.74, 6) is 0. The van der Waals surface area contributed by atoms with Gasteiger partial charge in [-0.15, -0.1) is 0 Å². The fourth-order valence-corrected chi connectivity index (χ4v) is 0. The van der Waals surface area contributed by atoms with Gasteiger partial charge in [-0.25, -0.2) is 0 Å². The van der Waals surface area contributed by atoms with E-state index in [0.717, 1.165) is 0 Å². The van der Waals surface area contributed by atoms with Crippen LogP contribution in [0.15, 0.2) is 0 Å². The average Bonchev–Trinajstić information content (AvgIpc) is 1.76. The van der Waals surface area contributed by atoms with Crippen LogP contribution in [0.3, 0.4) is 0 Å². The van der Waals surface area contributed by atoms with Crippen LogP contribution >= 0.6 is 0 Å². The van der Waals surface area contributed by atoms with Gasteiger partial charge < -0.3 is 80.8 Å². The van der Waals surface area contributed by atoms with Crippen molar-refractivity contribution in [2.24, 2.45) is 0 Å². The first-order valence-electron chi connectivity index (χ1n) is 2.45. The van der Waals surface area contributed by atoms with Crippen molar-refractivity contribution in [2.75, 3.05) is 0 Å². The summed E-state index contributed by atoms with van der Waals surface area (Å²) in [5, 5.41) is 0. The van der Waals surface area contributed by atoms with Gasteiger partial charge in [0.15, 0.2) is 0 Å². The Bertz CT molecular complexity index is 186. The number of hydrogen-bond donors (Lipinski definition) is 0. The van der Waals surface area contributed by atoms with Crippen molar-refractivity contribution in [3.8, 4) is 0 Å². The molecule has 0 N–H and O–H groups in total. The molecule has 0 atom stereocenters. The fraction of sp³-hybridized carbons (Fsp3) is 0. The predicted molar refractivity (Wildman–Crippen MR) is 39.2 cm³/mol. The van der Waals surface area contributed by atoms with E-state index >= 15 is 0 Å². The van der Waals surface area contributed by atoms with Gasteiger partial charge in [-0.05, 0) is 0 Å². The Morgan fingerprint density at radius 1 is 0.320 bits per heavy atom. The van der Waals surface area contributed by atoms with Crippen molar-refractivity contribution in [2.45, 2.75) is 0 Å². The van der Waals surface area contributed by atoms with Crippen LogP contribution in [0.4, 0.5) is 0 Å². The van der Waals surface area contributed by atoms with Crippen LogP contribution in [-0.4, -0.2) is 36.7 Å². The molecule has 25 heteroatoms. The van der Waals surface area contributed by atoms with Gasteiger partial charge in [0.25, 0.3) is 0 Å². The average molecular weight is 1250 g/mol. The molecule has 0 aliphatic heterocycles. The number of hydrogen-bond acceptors (Lipinski definition) is 12.